The van der Waals surface area contributed by atoms with Crippen LogP contribution in [0.25, 0.3) is 10.8 Å². The zero-order valence-corrected chi connectivity index (χ0v) is 9.99. The van der Waals surface area contributed by atoms with Crippen molar-refractivity contribution in [3.8, 4) is 0 Å². The van der Waals surface area contributed by atoms with Crippen LogP contribution in [0, 0.1) is 5.82 Å². The van der Waals surface area contributed by atoms with Gasteiger partial charge in [0.05, 0.1) is 11.9 Å². The Hall–Kier alpha value is -2.33. The van der Waals surface area contributed by atoms with Crippen molar-refractivity contribution in [2.45, 2.75) is 6.10 Å². The predicted octanol–water partition coefficient (Wildman–Crippen LogP) is 2.85. The second-order valence-electron chi connectivity index (χ2n) is 4.22. The molecule has 0 fully saturated rings. The Morgan fingerprint density at radius 3 is 2.74 bits per heavy atom. The van der Waals surface area contributed by atoms with Gasteiger partial charge in [0, 0.05) is 23.3 Å². The van der Waals surface area contributed by atoms with Gasteiger partial charge in [-0.3, -0.25) is 9.97 Å². The molecule has 3 nitrogen and oxygen atoms in total. The molecule has 0 saturated carbocycles. The van der Waals surface area contributed by atoms with Gasteiger partial charge >= 0.3 is 0 Å². The predicted molar refractivity (Wildman–Crippen MR) is 70.0 cm³/mol. The highest BCUT2D eigenvalue weighted by Crippen LogP contribution is 2.27. The van der Waals surface area contributed by atoms with Crippen molar-refractivity contribution < 1.29 is 9.50 Å². The fourth-order valence-corrected chi connectivity index (χ4v) is 2.12. The SMILES string of the molecule is OC(c1ccncc1F)c1nccc2ccccc12. The molecule has 0 aliphatic heterocycles. The van der Waals surface area contributed by atoms with Crippen molar-refractivity contribution in [3.05, 3.63) is 72.1 Å². The third-order valence-corrected chi connectivity index (χ3v) is 3.06. The van der Waals surface area contributed by atoms with E-state index in [1.165, 1.54) is 12.3 Å². The molecule has 94 valence electrons. The number of nitrogens with zero attached hydrogens (tertiary/aromatic N) is 2. The molecule has 3 rings (SSSR count). The smallest absolute Gasteiger partial charge is 0.147 e. The van der Waals surface area contributed by atoms with Gasteiger partial charge in [0.15, 0.2) is 0 Å². The van der Waals surface area contributed by atoms with Crippen LogP contribution in [0.3, 0.4) is 0 Å². The number of hydrogen-bond acceptors (Lipinski definition) is 3. The Bertz CT molecular complexity index is 725. The van der Waals surface area contributed by atoms with E-state index in [9.17, 15) is 9.50 Å². The third-order valence-electron chi connectivity index (χ3n) is 3.06. The first-order valence-corrected chi connectivity index (χ1v) is 5.88. The molecule has 0 bridgehead atoms. The van der Waals surface area contributed by atoms with Crippen molar-refractivity contribution >= 4 is 10.8 Å². The molecule has 1 aromatic carbocycles. The van der Waals surface area contributed by atoms with Gasteiger partial charge in [-0.05, 0) is 17.5 Å². The second-order valence-corrected chi connectivity index (χ2v) is 4.22. The number of aliphatic hydroxyl groups is 1. The lowest BCUT2D eigenvalue weighted by Crippen LogP contribution is -2.05. The van der Waals surface area contributed by atoms with Crippen LogP contribution >= 0.6 is 0 Å². The Morgan fingerprint density at radius 1 is 1.05 bits per heavy atom. The van der Waals surface area contributed by atoms with Gasteiger partial charge in [-0.1, -0.05) is 24.3 Å². The van der Waals surface area contributed by atoms with Crippen LogP contribution in [-0.4, -0.2) is 15.1 Å². The number of hydrogen-bond donors (Lipinski definition) is 1. The van der Waals surface area contributed by atoms with Crippen molar-refractivity contribution in [2.24, 2.45) is 0 Å². The van der Waals surface area contributed by atoms with E-state index in [2.05, 4.69) is 9.97 Å². The summed E-state index contributed by atoms with van der Waals surface area (Å²) in [7, 11) is 0. The van der Waals surface area contributed by atoms with Gasteiger partial charge < -0.3 is 5.11 Å². The maximum Gasteiger partial charge on any atom is 0.147 e. The van der Waals surface area contributed by atoms with Crippen molar-refractivity contribution in [1.29, 1.82) is 0 Å². The molecule has 1 atom stereocenters. The molecule has 1 N–H and O–H groups in total. The fraction of sp³-hybridized carbons (Fsp3) is 0.0667. The average molecular weight is 254 g/mol. The summed E-state index contributed by atoms with van der Waals surface area (Å²) in [5.41, 5.74) is 0.627. The van der Waals surface area contributed by atoms with Crippen LogP contribution in [0.1, 0.15) is 17.4 Å². The number of benzene rings is 1. The standard InChI is InChI=1S/C15H11FN2O/c16-13-9-17-7-6-12(13)15(19)14-11-4-2-1-3-10(11)5-8-18-14/h1-9,15,19H. The van der Waals surface area contributed by atoms with Gasteiger partial charge in [0.1, 0.15) is 11.9 Å². The van der Waals surface area contributed by atoms with Crippen molar-refractivity contribution in [3.63, 3.8) is 0 Å². The number of pyridine rings is 2. The molecule has 0 radical (unpaired) electrons. The van der Waals surface area contributed by atoms with Crippen molar-refractivity contribution in [1.82, 2.24) is 9.97 Å². The Kier molecular flexibility index (Phi) is 2.93. The third kappa shape index (κ3) is 2.06. The molecule has 3 aromatic rings. The Morgan fingerprint density at radius 2 is 1.89 bits per heavy atom. The largest absolute Gasteiger partial charge is 0.382 e. The van der Waals surface area contributed by atoms with E-state index >= 15 is 0 Å². The molecule has 0 aliphatic rings. The summed E-state index contributed by atoms with van der Waals surface area (Å²) >= 11 is 0. The second kappa shape index (κ2) is 4.74. The molecule has 2 heterocycles. The molecular weight excluding hydrogens is 243 g/mol. The minimum absolute atomic E-state index is 0.179. The summed E-state index contributed by atoms with van der Waals surface area (Å²) in [5.74, 6) is -0.537. The highest BCUT2D eigenvalue weighted by Gasteiger charge is 2.18. The number of fused-ring (bicyclic) bond motifs is 1. The first-order valence-electron chi connectivity index (χ1n) is 5.88. The average Bonchev–Trinajstić information content (AvgIpc) is 2.46. The van der Waals surface area contributed by atoms with Crippen molar-refractivity contribution in [2.75, 3.05) is 0 Å². The van der Waals surface area contributed by atoms with Gasteiger partial charge in [0.25, 0.3) is 0 Å². The van der Waals surface area contributed by atoms with E-state index in [1.807, 2.05) is 30.3 Å². The van der Waals surface area contributed by atoms with Gasteiger partial charge in [-0.25, -0.2) is 4.39 Å². The van der Waals surface area contributed by atoms with E-state index in [0.29, 0.717) is 5.69 Å². The Labute approximate surface area is 109 Å². The normalized spacial score (nSPS) is 12.5. The Balaban J connectivity index is 2.17. The zero-order chi connectivity index (χ0) is 13.2. The quantitative estimate of drug-likeness (QED) is 0.764. The topological polar surface area (TPSA) is 46.0 Å². The molecule has 0 saturated heterocycles. The lowest BCUT2D eigenvalue weighted by Gasteiger charge is -2.13. The first kappa shape index (κ1) is 11.7. The summed E-state index contributed by atoms with van der Waals surface area (Å²) in [4.78, 5) is 7.86. The maximum atomic E-state index is 13.7. The molecule has 0 spiro atoms. The summed E-state index contributed by atoms with van der Waals surface area (Å²) in [6, 6.07) is 10.9. The zero-order valence-electron chi connectivity index (χ0n) is 9.99. The van der Waals surface area contributed by atoms with Crippen LogP contribution in [0.2, 0.25) is 0 Å². The molecular formula is C15H11FN2O. The van der Waals surface area contributed by atoms with E-state index in [0.717, 1.165) is 17.0 Å². The van der Waals surface area contributed by atoms with Crippen LogP contribution < -0.4 is 0 Å². The molecule has 2 aromatic heterocycles. The van der Waals surface area contributed by atoms with E-state index in [-0.39, 0.29) is 5.56 Å². The highest BCUT2D eigenvalue weighted by atomic mass is 19.1. The van der Waals surface area contributed by atoms with Crippen LogP contribution in [0.5, 0.6) is 0 Å². The van der Waals surface area contributed by atoms with E-state index in [1.54, 1.807) is 6.20 Å². The minimum atomic E-state index is -1.10. The number of aliphatic hydroxyl groups excluding tert-OH is 1. The van der Waals surface area contributed by atoms with Gasteiger partial charge in [-0.15, -0.1) is 0 Å². The number of rotatable bonds is 2. The first-order chi connectivity index (χ1) is 9.27. The lowest BCUT2D eigenvalue weighted by atomic mass is 10.0. The summed E-state index contributed by atoms with van der Waals surface area (Å²) < 4.78 is 13.7. The molecule has 0 aliphatic carbocycles. The molecule has 0 amide bonds. The number of halogens is 1. The van der Waals surface area contributed by atoms with Gasteiger partial charge in [-0.2, -0.15) is 0 Å². The summed E-state index contributed by atoms with van der Waals surface area (Å²) in [6.07, 6.45) is 3.05. The van der Waals surface area contributed by atoms with Crippen LogP contribution in [0.4, 0.5) is 4.39 Å². The molecule has 19 heavy (non-hydrogen) atoms. The monoisotopic (exact) mass is 254 g/mol. The lowest BCUT2D eigenvalue weighted by molar-refractivity contribution is 0.211. The molecule has 1 unspecified atom stereocenters. The maximum absolute atomic E-state index is 13.7. The van der Waals surface area contributed by atoms with E-state index < -0.39 is 11.9 Å². The molecule has 4 heteroatoms. The van der Waals surface area contributed by atoms with Crippen LogP contribution in [-0.2, 0) is 0 Å². The van der Waals surface area contributed by atoms with Gasteiger partial charge in [0.2, 0.25) is 0 Å². The fourth-order valence-electron chi connectivity index (χ4n) is 2.12. The number of aromatic nitrogens is 2. The summed E-state index contributed by atoms with van der Waals surface area (Å²) in [5, 5.41) is 12.1. The highest BCUT2D eigenvalue weighted by molar-refractivity contribution is 5.84. The van der Waals surface area contributed by atoms with E-state index in [4.69, 9.17) is 0 Å². The minimum Gasteiger partial charge on any atom is -0.382 e. The van der Waals surface area contributed by atoms with Crippen LogP contribution in [0.15, 0.2) is 55.0 Å². The summed E-state index contributed by atoms with van der Waals surface area (Å²) in [6.45, 7) is 0.